The van der Waals surface area contributed by atoms with Crippen LogP contribution in [0, 0.1) is 0 Å². The van der Waals surface area contributed by atoms with Crippen molar-refractivity contribution in [1.82, 2.24) is 0 Å². The van der Waals surface area contributed by atoms with Crippen molar-refractivity contribution in [3.63, 3.8) is 0 Å². The van der Waals surface area contributed by atoms with Crippen molar-refractivity contribution >= 4 is 23.3 Å². The first-order valence-electron chi connectivity index (χ1n) is 8.84. The minimum absolute atomic E-state index is 0.113. The van der Waals surface area contributed by atoms with Crippen molar-refractivity contribution in [3.8, 4) is 17.2 Å². The number of nitrogens with one attached hydrogen (secondary N) is 1. The van der Waals surface area contributed by atoms with Gasteiger partial charge in [-0.15, -0.1) is 0 Å². The molecule has 1 heterocycles. The topological polar surface area (TPSA) is 100 Å². The molecule has 8 nitrogen and oxygen atoms in total. The Morgan fingerprint density at radius 2 is 1.62 bits per heavy atom. The summed E-state index contributed by atoms with van der Waals surface area (Å²) in [6.07, 6.45) is 0. The molecule has 3 rings (SSSR count). The Hall–Kier alpha value is -3.55. The summed E-state index contributed by atoms with van der Waals surface area (Å²) >= 11 is 0. The van der Waals surface area contributed by atoms with E-state index < -0.39 is 12.6 Å². The van der Waals surface area contributed by atoms with Gasteiger partial charge in [-0.2, -0.15) is 0 Å². The largest absolute Gasteiger partial charge is 0.493 e. The number of ether oxygens (including phenoxy) is 4. The predicted molar refractivity (Wildman–Crippen MR) is 104 cm³/mol. The lowest BCUT2D eigenvalue weighted by Gasteiger charge is -2.13. The van der Waals surface area contributed by atoms with Gasteiger partial charge in [0.15, 0.2) is 23.9 Å². The molecule has 0 spiro atoms. The standard InChI is InChI=1S/C21H21NO7/c1-11-14-7-12(5-6-15(14)22-20(11)24)16(23)10-29-21(25)13-8-17(26-2)19(28-4)18(9-13)27-3/h5-9,11H,10H2,1-4H3,(H,22,24)/t11-/m0/s1. The third kappa shape index (κ3) is 3.87. The number of esters is 1. The Kier molecular flexibility index (Phi) is 5.72. The average Bonchev–Trinajstić information content (AvgIpc) is 3.03. The quantitative estimate of drug-likeness (QED) is 0.564. The summed E-state index contributed by atoms with van der Waals surface area (Å²) in [5.74, 6) is -0.579. The van der Waals surface area contributed by atoms with E-state index in [-0.39, 0.29) is 23.2 Å². The fourth-order valence-electron chi connectivity index (χ4n) is 3.09. The van der Waals surface area contributed by atoms with Crippen LogP contribution >= 0.6 is 0 Å². The van der Waals surface area contributed by atoms with Gasteiger partial charge >= 0.3 is 5.97 Å². The number of methoxy groups -OCH3 is 3. The fraction of sp³-hybridized carbons (Fsp3) is 0.286. The van der Waals surface area contributed by atoms with Crippen LogP contribution in [-0.2, 0) is 9.53 Å². The summed E-state index contributed by atoms with van der Waals surface area (Å²) in [5.41, 5.74) is 1.96. The van der Waals surface area contributed by atoms with Gasteiger partial charge in [0.2, 0.25) is 11.7 Å². The number of hydrogen-bond acceptors (Lipinski definition) is 7. The fourth-order valence-corrected chi connectivity index (χ4v) is 3.09. The molecule has 0 aliphatic carbocycles. The van der Waals surface area contributed by atoms with Gasteiger partial charge in [0.05, 0.1) is 32.8 Å². The molecular weight excluding hydrogens is 378 g/mol. The summed E-state index contributed by atoms with van der Waals surface area (Å²) in [7, 11) is 4.33. The van der Waals surface area contributed by atoms with Crippen LogP contribution in [0.3, 0.4) is 0 Å². The minimum Gasteiger partial charge on any atom is -0.493 e. The maximum atomic E-state index is 12.5. The van der Waals surface area contributed by atoms with Crippen molar-refractivity contribution in [1.29, 1.82) is 0 Å². The highest BCUT2D eigenvalue weighted by Gasteiger charge is 2.27. The molecular formula is C21H21NO7. The molecule has 1 amide bonds. The number of carbonyl (C=O) groups is 3. The van der Waals surface area contributed by atoms with E-state index >= 15 is 0 Å². The Balaban J connectivity index is 1.73. The molecule has 2 aromatic rings. The van der Waals surface area contributed by atoms with Gasteiger partial charge in [0, 0.05) is 11.3 Å². The number of ketones is 1. The third-order valence-corrected chi connectivity index (χ3v) is 4.73. The van der Waals surface area contributed by atoms with E-state index in [0.29, 0.717) is 28.5 Å². The number of benzene rings is 2. The molecule has 8 heteroatoms. The molecule has 1 aliphatic rings. The smallest absolute Gasteiger partial charge is 0.338 e. The Labute approximate surface area is 167 Å². The Bertz CT molecular complexity index is 958. The van der Waals surface area contributed by atoms with Gasteiger partial charge in [0.1, 0.15) is 0 Å². The van der Waals surface area contributed by atoms with Crippen molar-refractivity contribution in [2.24, 2.45) is 0 Å². The van der Waals surface area contributed by atoms with E-state index in [9.17, 15) is 14.4 Å². The zero-order chi connectivity index (χ0) is 21.1. The van der Waals surface area contributed by atoms with Crippen molar-refractivity contribution in [2.75, 3.05) is 33.3 Å². The molecule has 0 radical (unpaired) electrons. The molecule has 0 fully saturated rings. The maximum absolute atomic E-state index is 12.5. The molecule has 1 aliphatic heterocycles. The zero-order valence-corrected chi connectivity index (χ0v) is 16.5. The summed E-state index contributed by atoms with van der Waals surface area (Å²) in [5, 5.41) is 2.75. The van der Waals surface area contributed by atoms with Crippen LogP contribution in [0.1, 0.15) is 39.1 Å². The Morgan fingerprint density at radius 1 is 0.966 bits per heavy atom. The second-order valence-electron chi connectivity index (χ2n) is 6.43. The third-order valence-electron chi connectivity index (χ3n) is 4.73. The molecule has 2 aromatic carbocycles. The van der Waals surface area contributed by atoms with Crippen molar-refractivity contribution in [3.05, 3.63) is 47.0 Å². The molecule has 1 atom stereocenters. The van der Waals surface area contributed by atoms with E-state index in [4.69, 9.17) is 18.9 Å². The second-order valence-corrected chi connectivity index (χ2v) is 6.43. The molecule has 0 unspecified atom stereocenters. The van der Waals surface area contributed by atoms with Crippen molar-refractivity contribution < 1.29 is 33.3 Å². The van der Waals surface area contributed by atoms with Gasteiger partial charge in [-0.3, -0.25) is 9.59 Å². The van der Waals surface area contributed by atoms with Crippen LogP contribution in [0.2, 0.25) is 0 Å². The number of rotatable bonds is 7. The first-order chi connectivity index (χ1) is 13.9. The van der Waals surface area contributed by atoms with E-state index in [1.54, 1.807) is 25.1 Å². The highest BCUT2D eigenvalue weighted by molar-refractivity contribution is 6.05. The number of hydrogen-bond donors (Lipinski definition) is 1. The van der Waals surface area contributed by atoms with E-state index in [1.165, 1.54) is 33.5 Å². The van der Waals surface area contributed by atoms with Crippen LogP contribution in [0.4, 0.5) is 5.69 Å². The van der Waals surface area contributed by atoms with Crippen LogP contribution in [0.5, 0.6) is 17.2 Å². The summed E-state index contributed by atoms with van der Waals surface area (Å²) in [4.78, 5) is 36.6. The van der Waals surface area contributed by atoms with Gasteiger partial charge in [0.25, 0.3) is 0 Å². The van der Waals surface area contributed by atoms with Crippen LogP contribution in [-0.4, -0.2) is 45.6 Å². The lowest BCUT2D eigenvalue weighted by atomic mass is 9.99. The molecule has 29 heavy (non-hydrogen) atoms. The van der Waals surface area contributed by atoms with Crippen LogP contribution in [0.15, 0.2) is 30.3 Å². The molecule has 0 saturated heterocycles. The molecule has 0 bridgehead atoms. The maximum Gasteiger partial charge on any atom is 0.338 e. The highest BCUT2D eigenvalue weighted by Crippen LogP contribution is 2.38. The number of carbonyl (C=O) groups excluding carboxylic acids is 3. The van der Waals surface area contributed by atoms with Gasteiger partial charge < -0.3 is 24.3 Å². The lowest BCUT2D eigenvalue weighted by Crippen LogP contribution is -2.15. The highest BCUT2D eigenvalue weighted by atomic mass is 16.5. The molecule has 0 aromatic heterocycles. The summed E-state index contributed by atoms with van der Waals surface area (Å²) in [6, 6.07) is 7.80. The Morgan fingerprint density at radius 3 is 2.21 bits per heavy atom. The lowest BCUT2D eigenvalue weighted by molar-refractivity contribution is -0.116. The van der Waals surface area contributed by atoms with Gasteiger partial charge in [-0.25, -0.2) is 4.79 Å². The molecule has 0 saturated carbocycles. The van der Waals surface area contributed by atoms with Gasteiger partial charge in [-0.05, 0) is 42.8 Å². The number of amides is 1. The van der Waals surface area contributed by atoms with Crippen molar-refractivity contribution in [2.45, 2.75) is 12.8 Å². The minimum atomic E-state index is -0.705. The zero-order valence-electron chi connectivity index (χ0n) is 16.5. The first-order valence-corrected chi connectivity index (χ1v) is 8.84. The van der Waals surface area contributed by atoms with Crippen LogP contribution < -0.4 is 19.5 Å². The molecule has 1 N–H and O–H groups in total. The van der Waals surface area contributed by atoms with Crippen LogP contribution in [0.25, 0.3) is 0 Å². The number of fused-ring (bicyclic) bond motifs is 1. The number of Topliss-reactive ketones (excluding diaryl/α,β-unsaturated/α-hetero) is 1. The summed E-state index contributed by atoms with van der Waals surface area (Å²) < 4.78 is 20.8. The predicted octanol–water partition coefficient (Wildman–Crippen LogP) is 2.81. The summed E-state index contributed by atoms with van der Waals surface area (Å²) in [6.45, 7) is 1.32. The number of anilines is 1. The van der Waals surface area contributed by atoms with Gasteiger partial charge in [-0.1, -0.05) is 0 Å². The molecule has 152 valence electrons. The SMILES string of the molecule is COc1cc(C(=O)OCC(=O)c2ccc3c(c2)[C@H](C)C(=O)N3)cc(OC)c1OC. The normalized spacial score (nSPS) is 14.6. The van der Waals surface area contributed by atoms with E-state index in [1.807, 2.05) is 0 Å². The van der Waals surface area contributed by atoms with E-state index in [0.717, 1.165) is 5.56 Å². The monoisotopic (exact) mass is 399 g/mol. The van der Waals surface area contributed by atoms with E-state index in [2.05, 4.69) is 5.32 Å². The first kappa shape index (κ1) is 20.2. The second kappa shape index (κ2) is 8.22. The average molecular weight is 399 g/mol.